The van der Waals surface area contributed by atoms with Crippen LogP contribution in [-0.4, -0.2) is 93.1 Å². The summed E-state index contributed by atoms with van der Waals surface area (Å²) in [5.74, 6) is 0.893. The average molecular weight is 843 g/mol. The van der Waals surface area contributed by atoms with Gasteiger partial charge in [-0.05, 0) is 70.3 Å². The number of hydrogen-bond donors (Lipinski definition) is 4. The van der Waals surface area contributed by atoms with Crippen molar-refractivity contribution in [3.05, 3.63) is 121 Å². The molecule has 7 rings (SSSR count). The smallest absolute Gasteiger partial charge is 0.407 e. The fraction of sp³-hybridized carbons (Fsp3) is 0.333. The second-order valence-corrected chi connectivity index (χ2v) is 16.0. The molecule has 14 heteroatoms. The molecule has 1 fully saturated rings. The van der Waals surface area contributed by atoms with E-state index in [4.69, 9.17) is 14.5 Å². The molecule has 4 amide bonds. The van der Waals surface area contributed by atoms with Crippen LogP contribution in [0.4, 0.5) is 9.59 Å². The van der Waals surface area contributed by atoms with E-state index in [0.717, 1.165) is 69.2 Å². The maximum absolute atomic E-state index is 13.9. The Morgan fingerprint density at radius 1 is 0.806 bits per heavy atom. The van der Waals surface area contributed by atoms with Gasteiger partial charge in [0.05, 0.1) is 50.6 Å². The number of aromatic nitrogens is 4. The van der Waals surface area contributed by atoms with Crippen LogP contribution < -0.4 is 10.6 Å². The second kappa shape index (κ2) is 19.6. The molecule has 14 nitrogen and oxygen atoms in total. The molecule has 62 heavy (non-hydrogen) atoms. The first-order valence-electron chi connectivity index (χ1n) is 21.1. The molecule has 0 aliphatic carbocycles. The highest BCUT2D eigenvalue weighted by Gasteiger charge is 2.36. The van der Waals surface area contributed by atoms with E-state index in [9.17, 15) is 19.2 Å². The number of nitrogens with zero attached hydrogens (tertiary/aromatic N) is 4. The molecule has 0 saturated carbocycles. The number of amides is 4. The van der Waals surface area contributed by atoms with E-state index in [1.807, 2.05) is 62.2 Å². The van der Waals surface area contributed by atoms with Gasteiger partial charge in [-0.15, -0.1) is 0 Å². The van der Waals surface area contributed by atoms with Gasteiger partial charge >= 0.3 is 12.2 Å². The van der Waals surface area contributed by atoms with Gasteiger partial charge in [0.1, 0.15) is 23.7 Å². The summed E-state index contributed by atoms with van der Waals surface area (Å²) in [6.07, 6.45) is 5.01. The van der Waals surface area contributed by atoms with Crippen LogP contribution in [0.15, 0.2) is 103 Å². The van der Waals surface area contributed by atoms with Gasteiger partial charge in [0.15, 0.2) is 0 Å². The Bertz CT molecular complexity index is 2510. The molecular formula is C48H58N8O6. The number of hydrogen-bond acceptors (Lipinski definition) is 8. The number of ether oxygens (including phenoxy) is 2. The molecule has 3 heterocycles. The first-order valence-corrected chi connectivity index (χ1v) is 21.1. The summed E-state index contributed by atoms with van der Waals surface area (Å²) in [7, 11) is 2.58. The maximum Gasteiger partial charge on any atom is 0.407 e. The van der Waals surface area contributed by atoms with E-state index in [-0.39, 0.29) is 33.2 Å². The molecule has 4 aromatic carbocycles. The normalized spacial score (nSPS) is 14.7. The summed E-state index contributed by atoms with van der Waals surface area (Å²) in [4.78, 5) is 71.4. The lowest BCUT2D eigenvalue weighted by Gasteiger charge is -2.28. The minimum absolute atomic E-state index is 0. The summed E-state index contributed by atoms with van der Waals surface area (Å²) in [5, 5.41) is 7.60. The third-order valence-electron chi connectivity index (χ3n) is 11.4. The van der Waals surface area contributed by atoms with Gasteiger partial charge in [-0.25, -0.2) is 19.6 Å². The van der Waals surface area contributed by atoms with Crippen molar-refractivity contribution < 1.29 is 31.5 Å². The van der Waals surface area contributed by atoms with Crippen LogP contribution in [0.5, 0.6) is 0 Å². The standard InChI is InChI=1S/C48H54N8O6.2H2/c1-6-22-55(46(58)43(30(2)3)54-48(60)62-5)29-42-49-27-40(51-42)37-21-20-35-25-34(18-19-36(35)26-37)32-14-16-33(17-15-32)39-28-50-44(52-39)41-13-10-23-56(41)45(57)38(53-47(59)61-4)24-31-11-8-7-9-12-31;;/h7-9,11-12,14-21,25-28,30,38,41,43H,6,10,13,22-24,29H2,1-5H3,(H,49,51)(H,50,52)(H,53,59)(H,54,60);2*1H/t38?,41-,43-;;/m0../s1. The lowest BCUT2D eigenvalue weighted by atomic mass is 9.98. The molecule has 3 atom stereocenters. The molecule has 326 valence electrons. The van der Waals surface area contributed by atoms with Crippen molar-refractivity contribution >= 4 is 34.8 Å². The van der Waals surface area contributed by atoms with Crippen molar-refractivity contribution in [3.63, 3.8) is 0 Å². The minimum atomic E-state index is -0.774. The number of benzene rings is 4. The zero-order chi connectivity index (χ0) is 43.8. The molecule has 0 spiro atoms. The first-order chi connectivity index (χ1) is 30.0. The van der Waals surface area contributed by atoms with E-state index < -0.39 is 24.3 Å². The molecule has 6 aromatic rings. The molecule has 1 aliphatic heterocycles. The van der Waals surface area contributed by atoms with Crippen LogP contribution in [0.3, 0.4) is 0 Å². The van der Waals surface area contributed by atoms with E-state index in [2.05, 4.69) is 86.2 Å². The van der Waals surface area contributed by atoms with E-state index >= 15 is 0 Å². The molecule has 1 unspecified atom stereocenters. The third kappa shape index (κ3) is 9.97. The van der Waals surface area contributed by atoms with E-state index in [1.165, 1.54) is 14.2 Å². The Kier molecular flexibility index (Phi) is 13.6. The highest BCUT2D eigenvalue weighted by molar-refractivity contribution is 5.91. The molecule has 4 N–H and O–H groups in total. The van der Waals surface area contributed by atoms with Crippen molar-refractivity contribution in [1.29, 1.82) is 0 Å². The van der Waals surface area contributed by atoms with Crippen LogP contribution in [0, 0.1) is 5.92 Å². The lowest BCUT2D eigenvalue weighted by molar-refractivity contribution is -0.135. The van der Waals surface area contributed by atoms with E-state index in [0.29, 0.717) is 31.2 Å². The number of carbonyl (C=O) groups is 4. The van der Waals surface area contributed by atoms with Crippen LogP contribution in [0.2, 0.25) is 0 Å². The second-order valence-electron chi connectivity index (χ2n) is 16.0. The number of rotatable bonds is 15. The molecule has 1 saturated heterocycles. The third-order valence-corrected chi connectivity index (χ3v) is 11.4. The van der Waals surface area contributed by atoms with Crippen LogP contribution in [-0.2, 0) is 32.0 Å². The summed E-state index contributed by atoms with van der Waals surface area (Å²) in [6, 6.07) is 28.9. The van der Waals surface area contributed by atoms with Gasteiger partial charge in [0.25, 0.3) is 0 Å². The summed E-state index contributed by atoms with van der Waals surface area (Å²) in [6.45, 7) is 7.16. The number of aromatic amines is 2. The van der Waals surface area contributed by atoms with Gasteiger partial charge in [-0.3, -0.25) is 9.59 Å². The topological polar surface area (TPSA) is 175 Å². The SMILES string of the molecule is CCCN(Cc1ncc(-c2ccc3cc(-c4ccc(-c5cnc([C@@H]6CCCN6C(=O)C(Cc6ccccc6)NC(=O)OC)[nH]5)cc4)ccc3c2)[nH]1)C(=O)[C@@H](NC(=O)OC)C(C)C.[HH].[HH]. The number of methoxy groups -OCH3 is 2. The highest BCUT2D eigenvalue weighted by Crippen LogP contribution is 2.34. The van der Waals surface area contributed by atoms with Gasteiger partial charge in [0, 0.05) is 27.9 Å². The molecule has 2 aromatic heterocycles. The first kappa shape index (κ1) is 43.1. The van der Waals surface area contributed by atoms with Crippen LogP contribution in [0.1, 0.15) is 66.1 Å². The zero-order valence-electron chi connectivity index (χ0n) is 35.8. The fourth-order valence-corrected chi connectivity index (χ4v) is 8.06. The monoisotopic (exact) mass is 842 g/mol. The predicted octanol–water partition coefficient (Wildman–Crippen LogP) is 8.53. The Hall–Kier alpha value is -6.96. The van der Waals surface area contributed by atoms with Gasteiger partial charge in [-0.2, -0.15) is 0 Å². The van der Waals surface area contributed by atoms with Crippen molar-refractivity contribution in [1.82, 2.24) is 40.4 Å². The number of fused-ring (bicyclic) bond motifs is 1. The van der Waals surface area contributed by atoms with Gasteiger partial charge in [-0.1, -0.05) is 99.6 Å². The van der Waals surface area contributed by atoms with Crippen LogP contribution >= 0.6 is 0 Å². The molecule has 1 aliphatic rings. The number of nitrogens with one attached hydrogen (secondary N) is 4. The van der Waals surface area contributed by atoms with Crippen molar-refractivity contribution in [2.45, 2.75) is 71.1 Å². The number of alkyl carbamates (subject to hydrolysis) is 2. The molecule has 0 bridgehead atoms. The summed E-state index contributed by atoms with van der Waals surface area (Å²) in [5.41, 5.74) is 6.74. The van der Waals surface area contributed by atoms with Crippen molar-refractivity contribution in [3.8, 4) is 33.6 Å². The maximum atomic E-state index is 13.9. The summed E-state index contributed by atoms with van der Waals surface area (Å²) >= 11 is 0. The number of likely N-dealkylation sites (tertiary alicyclic amines) is 1. The van der Waals surface area contributed by atoms with Gasteiger partial charge in [0.2, 0.25) is 11.8 Å². The largest absolute Gasteiger partial charge is 0.453 e. The molecule has 0 radical (unpaired) electrons. The highest BCUT2D eigenvalue weighted by atomic mass is 16.5. The number of H-pyrrole nitrogens is 2. The average Bonchev–Trinajstić information content (AvgIpc) is 4.09. The number of imidazole rings is 2. The molecular weight excluding hydrogens is 785 g/mol. The predicted molar refractivity (Wildman–Crippen MR) is 242 cm³/mol. The quantitative estimate of drug-likeness (QED) is 0.0796. The number of carbonyl (C=O) groups excluding carboxylic acids is 4. The van der Waals surface area contributed by atoms with Gasteiger partial charge < -0.3 is 39.9 Å². The van der Waals surface area contributed by atoms with Crippen molar-refractivity contribution in [2.24, 2.45) is 5.92 Å². The van der Waals surface area contributed by atoms with Crippen molar-refractivity contribution in [2.75, 3.05) is 27.3 Å². The Balaban J connectivity index is 0.00000385. The summed E-state index contributed by atoms with van der Waals surface area (Å²) < 4.78 is 9.60. The lowest BCUT2D eigenvalue weighted by Crippen LogP contribution is -2.51. The zero-order valence-corrected chi connectivity index (χ0v) is 35.8. The Labute approximate surface area is 364 Å². The Morgan fingerprint density at radius 3 is 2.13 bits per heavy atom. The Morgan fingerprint density at radius 2 is 1.44 bits per heavy atom. The fourth-order valence-electron chi connectivity index (χ4n) is 8.06. The van der Waals surface area contributed by atoms with Crippen LogP contribution in [0.25, 0.3) is 44.4 Å². The van der Waals surface area contributed by atoms with E-state index in [1.54, 1.807) is 11.1 Å². The minimum Gasteiger partial charge on any atom is -0.453 e.